The largest absolute Gasteiger partial charge is 0.508 e. The van der Waals surface area contributed by atoms with E-state index >= 15 is 0 Å². The smallest absolute Gasteiger partial charge is 0.227 e. The zero-order chi connectivity index (χ0) is 13.2. The first-order valence-corrected chi connectivity index (χ1v) is 6.53. The highest BCUT2D eigenvalue weighted by molar-refractivity contribution is 9.10. The van der Waals surface area contributed by atoms with E-state index in [-0.39, 0.29) is 5.75 Å². The molecule has 4 heteroatoms. The number of phenolic OH excluding ortho intramolecular Hbond substituents is 1. The molecule has 94 valence electrons. The van der Waals surface area contributed by atoms with Gasteiger partial charge in [0.1, 0.15) is 11.5 Å². The third-order valence-corrected chi connectivity index (χ3v) is 3.44. The number of aromatic nitrogens is 1. The number of ether oxygens (including phenoxy) is 1. The number of benzene rings is 2. The van der Waals surface area contributed by atoms with Gasteiger partial charge in [0, 0.05) is 27.5 Å². The van der Waals surface area contributed by atoms with E-state index in [9.17, 15) is 5.11 Å². The highest BCUT2D eigenvalue weighted by Crippen LogP contribution is 2.32. The van der Waals surface area contributed by atoms with Crippen LogP contribution < -0.4 is 4.74 Å². The number of aromatic hydroxyl groups is 1. The highest BCUT2D eigenvalue weighted by Gasteiger charge is 2.07. The molecule has 0 spiro atoms. The Morgan fingerprint density at radius 2 is 1.84 bits per heavy atom. The summed E-state index contributed by atoms with van der Waals surface area (Å²) in [5.74, 6) is 1.24. The van der Waals surface area contributed by atoms with Crippen molar-refractivity contribution in [2.24, 2.45) is 0 Å². The molecule has 0 aliphatic carbocycles. The maximum atomic E-state index is 9.44. The van der Waals surface area contributed by atoms with Crippen LogP contribution in [0, 0.1) is 0 Å². The first-order chi connectivity index (χ1) is 9.24. The van der Waals surface area contributed by atoms with E-state index in [0.717, 1.165) is 15.2 Å². The minimum atomic E-state index is 0.166. The molecule has 3 aromatic rings. The van der Waals surface area contributed by atoms with E-state index in [4.69, 9.17) is 4.74 Å². The quantitative estimate of drug-likeness (QED) is 0.757. The molecule has 0 aliphatic rings. The van der Waals surface area contributed by atoms with Crippen molar-refractivity contribution in [2.75, 3.05) is 0 Å². The average Bonchev–Trinajstić information content (AvgIpc) is 2.40. The summed E-state index contributed by atoms with van der Waals surface area (Å²) in [6, 6.07) is 14.4. The lowest BCUT2D eigenvalue weighted by molar-refractivity contribution is 0.449. The molecule has 0 aliphatic heterocycles. The van der Waals surface area contributed by atoms with Crippen molar-refractivity contribution in [3.8, 4) is 17.4 Å². The number of nitrogens with zero attached hydrogens (tertiary/aromatic N) is 1. The lowest BCUT2D eigenvalue weighted by atomic mass is 10.2. The lowest BCUT2D eigenvalue weighted by Gasteiger charge is -2.08. The number of halogens is 1. The van der Waals surface area contributed by atoms with Crippen molar-refractivity contribution in [1.29, 1.82) is 0 Å². The van der Waals surface area contributed by atoms with Crippen LogP contribution in [-0.2, 0) is 0 Å². The summed E-state index contributed by atoms with van der Waals surface area (Å²) in [5, 5.41) is 11.4. The summed E-state index contributed by atoms with van der Waals surface area (Å²) >= 11 is 3.50. The molecular formula is C15H10BrNO2. The summed E-state index contributed by atoms with van der Waals surface area (Å²) in [7, 11) is 0. The van der Waals surface area contributed by atoms with Crippen LogP contribution in [0.3, 0.4) is 0 Å². The number of hydrogen-bond acceptors (Lipinski definition) is 3. The standard InChI is InChI=1S/C15H10BrNO2/c16-14-6-2-5-13-12(14)7-8-17-15(13)19-11-4-1-3-10(18)9-11/h1-9,18H. The number of pyridine rings is 1. The molecule has 1 N–H and O–H groups in total. The van der Waals surface area contributed by atoms with E-state index in [1.54, 1.807) is 30.5 Å². The van der Waals surface area contributed by atoms with Gasteiger partial charge in [0.15, 0.2) is 0 Å². The third kappa shape index (κ3) is 2.39. The fraction of sp³-hybridized carbons (Fsp3) is 0. The van der Waals surface area contributed by atoms with Gasteiger partial charge >= 0.3 is 0 Å². The second-order valence-electron chi connectivity index (χ2n) is 4.05. The van der Waals surface area contributed by atoms with Gasteiger partial charge in [0.2, 0.25) is 5.88 Å². The molecule has 2 aromatic carbocycles. The minimum absolute atomic E-state index is 0.166. The maximum absolute atomic E-state index is 9.44. The molecule has 1 heterocycles. The molecule has 19 heavy (non-hydrogen) atoms. The Morgan fingerprint density at radius 1 is 1.00 bits per heavy atom. The second kappa shape index (κ2) is 4.90. The van der Waals surface area contributed by atoms with Crippen molar-refractivity contribution < 1.29 is 9.84 Å². The Hall–Kier alpha value is -2.07. The molecule has 1 aromatic heterocycles. The Morgan fingerprint density at radius 3 is 2.68 bits per heavy atom. The van der Waals surface area contributed by atoms with Crippen LogP contribution in [0.4, 0.5) is 0 Å². The van der Waals surface area contributed by atoms with Crippen LogP contribution in [0.15, 0.2) is 59.2 Å². The summed E-state index contributed by atoms with van der Waals surface area (Å²) in [4.78, 5) is 4.25. The molecule has 0 saturated heterocycles. The fourth-order valence-electron chi connectivity index (χ4n) is 1.88. The molecular weight excluding hydrogens is 306 g/mol. The van der Waals surface area contributed by atoms with Crippen LogP contribution in [0.1, 0.15) is 0 Å². The SMILES string of the molecule is Oc1cccc(Oc2nccc3c(Br)cccc23)c1. The normalized spacial score (nSPS) is 10.6. The predicted molar refractivity (Wildman–Crippen MR) is 77.6 cm³/mol. The van der Waals surface area contributed by atoms with Crippen LogP contribution >= 0.6 is 15.9 Å². The monoisotopic (exact) mass is 315 g/mol. The van der Waals surface area contributed by atoms with Gasteiger partial charge in [-0.1, -0.05) is 28.1 Å². The Kier molecular flexibility index (Phi) is 3.09. The van der Waals surface area contributed by atoms with Gasteiger partial charge in [-0.25, -0.2) is 4.98 Å². The van der Waals surface area contributed by atoms with Crippen molar-refractivity contribution in [3.05, 3.63) is 59.2 Å². The molecule has 0 atom stereocenters. The van der Waals surface area contributed by atoms with Gasteiger partial charge in [0.25, 0.3) is 0 Å². The molecule has 0 unspecified atom stereocenters. The number of phenols is 1. The Bertz CT molecular complexity index is 743. The number of rotatable bonds is 2. The van der Waals surface area contributed by atoms with Crippen molar-refractivity contribution in [3.63, 3.8) is 0 Å². The lowest BCUT2D eigenvalue weighted by Crippen LogP contribution is -1.89. The van der Waals surface area contributed by atoms with Gasteiger partial charge in [0.05, 0.1) is 0 Å². The fourth-order valence-corrected chi connectivity index (χ4v) is 2.38. The third-order valence-electron chi connectivity index (χ3n) is 2.75. The number of fused-ring (bicyclic) bond motifs is 1. The van der Waals surface area contributed by atoms with E-state index in [2.05, 4.69) is 20.9 Å². The highest BCUT2D eigenvalue weighted by atomic mass is 79.9. The molecule has 0 bridgehead atoms. The topological polar surface area (TPSA) is 42.4 Å². The van der Waals surface area contributed by atoms with E-state index in [0.29, 0.717) is 11.6 Å². The van der Waals surface area contributed by atoms with E-state index in [1.807, 2.05) is 24.3 Å². The molecule has 0 amide bonds. The van der Waals surface area contributed by atoms with Gasteiger partial charge in [-0.15, -0.1) is 0 Å². The van der Waals surface area contributed by atoms with Crippen molar-refractivity contribution in [2.45, 2.75) is 0 Å². The Labute approximate surface area is 118 Å². The zero-order valence-corrected chi connectivity index (χ0v) is 11.5. The van der Waals surface area contributed by atoms with E-state index < -0.39 is 0 Å². The van der Waals surface area contributed by atoms with Crippen molar-refractivity contribution in [1.82, 2.24) is 4.98 Å². The second-order valence-corrected chi connectivity index (χ2v) is 4.90. The van der Waals surface area contributed by atoms with Gasteiger partial charge in [-0.3, -0.25) is 0 Å². The molecule has 3 rings (SSSR count). The number of hydrogen-bond donors (Lipinski definition) is 1. The van der Waals surface area contributed by atoms with Crippen LogP contribution in [-0.4, -0.2) is 10.1 Å². The Balaban J connectivity index is 2.08. The summed E-state index contributed by atoms with van der Waals surface area (Å²) in [5.41, 5.74) is 0. The predicted octanol–water partition coefficient (Wildman–Crippen LogP) is 4.50. The van der Waals surface area contributed by atoms with Gasteiger partial charge in [-0.05, 0) is 30.3 Å². The average molecular weight is 316 g/mol. The minimum Gasteiger partial charge on any atom is -0.508 e. The molecule has 3 nitrogen and oxygen atoms in total. The summed E-state index contributed by atoms with van der Waals surface area (Å²) in [6.07, 6.45) is 1.70. The van der Waals surface area contributed by atoms with Crippen LogP contribution in [0.2, 0.25) is 0 Å². The van der Waals surface area contributed by atoms with Crippen LogP contribution in [0.25, 0.3) is 10.8 Å². The first-order valence-electron chi connectivity index (χ1n) is 5.74. The molecule has 0 fully saturated rings. The van der Waals surface area contributed by atoms with Gasteiger partial charge < -0.3 is 9.84 Å². The zero-order valence-electron chi connectivity index (χ0n) is 9.88. The summed E-state index contributed by atoms with van der Waals surface area (Å²) < 4.78 is 6.73. The van der Waals surface area contributed by atoms with Crippen LogP contribution in [0.5, 0.6) is 17.4 Å². The van der Waals surface area contributed by atoms with Gasteiger partial charge in [-0.2, -0.15) is 0 Å². The molecule has 0 saturated carbocycles. The van der Waals surface area contributed by atoms with Crippen molar-refractivity contribution >= 4 is 26.7 Å². The van der Waals surface area contributed by atoms with E-state index in [1.165, 1.54) is 0 Å². The maximum Gasteiger partial charge on any atom is 0.227 e. The first kappa shape index (κ1) is 12.0. The molecule has 0 radical (unpaired) electrons. The summed E-state index contributed by atoms with van der Waals surface area (Å²) in [6.45, 7) is 0.